The van der Waals surface area contributed by atoms with Crippen LogP contribution in [0.3, 0.4) is 0 Å². The van der Waals surface area contributed by atoms with E-state index in [2.05, 4.69) is 0 Å². The van der Waals surface area contributed by atoms with Gasteiger partial charge in [0.2, 0.25) is 0 Å². The topological polar surface area (TPSA) is 55.8 Å². The largest absolute Gasteiger partial charge is 0.466 e. The third-order valence-electron chi connectivity index (χ3n) is 4.02. The van der Waals surface area contributed by atoms with E-state index in [9.17, 15) is 9.59 Å². The zero-order valence-corrected chi connectivity index (χ0v) is 12.8. The molecule has 5 nitrogen and oxygen atoms in total. The average molecular weight is 283 g/mol. The molecule has 1 unspecified atom stereocenters. The van der Waals surface area contributed by atoms with Crippen LogP contribution in [0.4, 0.5) is 4.79 Å². The number of carbonyl (C=O) groups excluding carboxylic acids is 2. The monoisotopic (exact) mass is 283 g/mol. The highest BCUT2D eigenvalue weighted by Gasteiger charge is 2.49. The minimum atomic E-state index is -0.507. The summed E-state index contributed by atoms with van der Waals surface area (Å²) in [5.74, 6) is -0.368. The van der Waals surface area contributed by atoms with Crippen LogP contribution < -0.4 is 0 Å². The molecule has 2 fully saturated rings. The summed E-state index contributed by atoms with van der Waals surface area (Å²) in [5.41, 5.74) is -0.507. The minimum Gasteiger partial charge on any atom is -0.466 e. The van der Waals surface area contributed by atoms with Crippen LogP contribution in [-0.2, 0) is 14.3 Å². The number of ether oxygens (including phenoxy) is 2. The summed E-state index contributed by atoms with van der Waals surface area (Å²) in [5, 5.41) is 0. The molecule has 2 bridgehead atoms. The number of fused-ring (bicyclic) bond motifs is 2. The van der Waals surface area contributed by atoms with E-state index in [0.717, 1.165) is 25.7 Å². The lowest BCUT2D eigenvalue weighted by molar-refractivity contribution is -0.151. The van der Waals surface area contributed by atoms with Gasteiger partial charge in [-0.1, -0.05) is 0 Å². The summed E-state index contributed by atoms with van der Waals surface area (Å²) < 4.78 is 10.6. The molecule has 2 rings (SSSR count). The molecule has 114 valence electrons. The quantitative estimate of drug-likeness (QED) is 0.731. The molecule has 0 N–H and O–H groups in total. The Bertz CT molecular complexity index is 388. The van der Waals surface area contributed by atoms with E-state index in [1.165, 1.54) is 0 Å². The maximum absolute atomic E-state index is 12.4. The van der Waals surface area contributed by atoms with E-state index in [4.69, 9.17) is 9.47 Å². The third kappa shape index (κ3) is 3.07. The van der Waals surface area contributed by atoms with Gasteiger partial charge in [-0.25, -0.2) is 4.79 Å². The summed E-state index contributed by atoms with van der Waals surface area (Å²) in [7, 11) is 0. The predicted molar refractivity (Wildman–Crippen MR) is 74.2 cm³/mol. The zero-order chi connectivity index (χ0) is 14.9. The van der Waals surface area contributed by atoms with Gasteiger partial charge in [0.25, 0.3) is 0 Å². The number of piperidine rings is 1. The van der Waals surface area contributed by atoms with Gasteiger partial charge < -0.3 is 14.4 Å². The molecule has 20 heavy (non-hydrogen) atoms. The van der Waals surface area contributed by atoms with Gasteiger partial charge in [0, 0.05) is 12.1 Å². The highest BCUT2D eigenvalue weighted by molar-refractivity contribution is 5.76. The van der Waals surface area contributed by atoms with Gasteiger partial charge in [0.15, 0.2) is 0 Å². The first-order valence-corrected chi connectivity index (χ1v) is 7.51. The maximum Gasteiger partial charge on any atom is 0.410 e. The molecule has 5 heteroatoms. The van der Waals surface area contributed by atoms with E-state index < -0.39 is 5.60 Å². The Hall–Kier alpha value is -1.26. The Labute approximate surface area is 120 Å². The van der Waals surface area contributed by atoms with E-state index >= 15 is 0 Å². The number of esters is 1. The lowest BCUT2D eigenvalue weighted by atomic mass is 9.90. The van der Waals surface area contributed by atoms with Crippen LogP contribution in [-0.4, -0.2) is 41.3 Å². The van der Waals surface area contributed by atoms with Crippen molar-refractivity contribution >= 4 is 12.1 Å². The standard InChI is InChI=1S/C15H25NO4/c1-5-19-13(17)11-8-6-10-7-9-12(11)16(10)14(18)20-15(2,3)4/h10-12H,5-9H2,1-4H3/t10-,11-,12?/m1/s1. The normalized spacial score (nSPS) is 29.2. The highest BCUT2D eigenvalue weighted by Crippen LogP contribution is 2.40. The number of carbonyl (C=O) groups is 2. The lowest BCUT2D eigenvalue weighted by Crippen LogP contribution is -2.51. The molecule has 1 amide bonds. The highest BCUT2D eigenvalue weighted by atomic mass is 16.6. The molecule has 0 saturated carbocycles. The predicted octanol–water partition coefficient (Wildman–Crippen LogP) is 2.73. The van der Waals surface area contributed by atoms with Crippen molar-refractivity contribution in [3.8, 4) is 0 Å². The van der Waals surface area contributed by atoms with Crippen LogP contribution >= 0.6 is 0 Å². The molecule has 2 saturated heterocycles. The van der Waals surface area contributed by atoms with Crippen molar-refractivity contribution in [2.75, 3.05) is 6.61 Å². The number of rotatable bonds is 2. The summed E-state index contributed by atoms with van der Waals surface area (Å²) in [6.07, 6.45) is 3.21. The molecule has 2 heterocycles. The van der Waals surface area contributed by atoms with Gasteiger partial charge in [-0.2, -0.15) is 0 Å². The Morgan fingerprint density at radius 3 is 2.40 bits per heavy atom. The van der Waals surface area contributed by atoms with Gasteiger partial charge in [-0.05, 0) is 53.4 Å². The Morgan fingerprint density at radius 2 is 1.80 bits per heavy atom. The number of hydrogen-bond donors (Lipinski definition) is 0. The summed E-state index contributed by atoms with van der Waals surface area (Å²) >= 11 is 0. The van der Waals surface area contributed by atoms with Gasteiger partial charge in [-0.3, -0.25) is 4.79 Å². The zero-order valence-electron chi connectivity index (χ0n) is 12.8. The number of hydrogen-bond acceptors (Lipinski definition) is 4. The molecule has 0 aromatic rings. The van der Waals surface area contributed by atoms with Crippen molar-refractivity contribution in [3.63, 3.8) is 0 Å². The van der Waals surface area contributed by atoms with E-state index in [1.54, 1.807) is 4.90 Å². The molecule has 2 aliphatic heterocycles. The van der Waals surface area contributed by atoms with Gasteiger partial charge in [-0.15, -0.1) is 0 Å². The molecule has 3 atom stereocenters. The van der Waals surface area contributed by atoms with Gasteiger partial charge in [0.1, 0.15) is 5.60 Å². The smallest absolute Gasteiger partial charge is 0.410 e. The fourth-order valence-electron chi connectivity index (χ4n) is 3.28. The SMILES string of the molecule is CCOC(=O)[C@@H]1CC[C@@H]2CCC1N2C(=O)OC(C)(C)C. The number of amides is 1. The molecule has 0 aromatic carbocycles. The van der Waals surface area contributed by atoms with Crippen molar-refractivity contribution in [1.29, 1.82) is 0 Å². The molecule has 0 spiro atoms. The van der Waals surface area contributed by atoms with Crippen molar-refractivity contribution in [1.82, 2.24) is 4.90 Å². The third-order valence-corrected chi connectivity index (χ3v) is 4.02. The summed E-state index contributed by atoms with van der Waals surface area (Å²) in [4.78, 5) is 26.2. The van der Waals surface area contributed by atoms with Crippen LogP contribution in [0.1, 0.15) is 53.4 Å². The van der Waals surface area contributed by atoms with Crippen LogP contribution in [0, 0.1) is 5.92 Å². The minimum absolute atomic E-state index is 0.0531. The van der Waals surface area contributed by atoms with Crippen molar-refractivity contribution in [2.24, 2.45) is 5.92 Å². The summed E-state index contributed by atoms with van der Waals surface area (Å²) in [6, 6.07) is 0.170. The fraction of sp³-hybridized carbons (Fsp3) is 0.867. The van der Waals surface area contributed by atoms with Gasteiger partial charge in [0.05, 0.1) is 12.5 Å². The average Bonchev–Trinajstić information content (AvgIpc) is 2.62. The molecule has 0 aliphatic carbocycles. The first kappa shape index (κ1) is 15.1. The Kier molecular flexibility index (Phi) is 4.25. The first-order valence-electron chi connectivity index (χ1n) is 7.51. The second-order valence-corrected chi connectivity index (χ2v) is 6.62. The van der Waals surface area contributed by atoms with Crippen molar-refractivity contribution < 1.29 is 19.1 Å². The van der Waals surface area contributed by atoms with E-state index in [1.807, 2.05) is 27.7 Å². The maximum atomic E-state index is 12.4. The second-order valence-electron chi connectivity index (χ2n) is 6.62. The molecule has 0 radical (unpaired) electrons. The van der Waals surface area contributed by atoms with Crippen molar-refractivity contribution in [2.45, 2.75) is 71.1 Å². The van der Waals surface area contributed by atoms with E-state index in [-0.39, 0.29) is 30.1 Å². The number of nitrogens with zero attached hydrogens (tertiary/aromatic N) is 1. The fourth-order valence-corrected chi connectivity index (χ4v) is 3.28. The Balaban J connectivity index is 2.10. The molecule has 0 aromatic heterocycles. The van der Waals surface area contributed by atoms with Crippen LogP contribution in [0.5, 0.6) is 0 Å². The lowest BCUT2D eigenvalue weighted by Gasteiger charge is -2.39. The Morgan fingerprint density at radius 1 is 1.15 bits per heavy atom. The van der Waals surface area contributed by atoms with E-state index in [0.29, 0.717) is 6.61 Å². The molecular formula is C15H25NO4. The first-order chi connectivity index (χ1) is 9.33. The van der Waals surface area contributed by atoms with Gasteiger partial charge >= 0.3 is 12.1 Å². The molecule has 2 aliphatic rings. The molecular weight excluding hydrogens is 258 g/mol. The summed E-state index contributed by atoms with van der Waals surface area (Å²) in [6.45, 7) is 7.78. The second kappa shape index (κ2) is 5.62. The van der Waals surface area contributed by atoms with Crippen LogP contribution in [0.2, 0.25) is 0 Å². The van der Waals surface area contributed by atoms with Crippen molar-refractivity contribution in [3.05, 3.63) is 0 Å². The van der Waals surface area contributed by atoms with Crippen LogP contribution in [0.25, 0.3) is 0 Å². The van der Waals surface area contributed by atoms with Crippen LogP contribution in [0.15, 0.2) is 0 Å².